The van der Waals surface area contributed by atoms with Gasteiger partial charge < -0.3 is 15.8 Å². The van der Waals surface area contributed by atoms with E-state index in [0.717, 1.165) is 0 Å². The lowest BCUT2D eigenvalue weighted by atomic mass is 10.2. The molecule has 0 saturated carbocycles. The van der Waals surface area contributed by atoms with Crippen molar-refractivity contribution in [3.63, 3.8) is 0 Å². The Morgan fingerprint density at radius 2 is 2.36 bits per heavy atom. The molecule has 0 amide bonds. The molecule has 0 aliphatic rings. The second-order valence-electron chi connectivity index (χ2n) is 2.71. The number of nitrogens with one attached hydrogen (secondary N) is 1. The van der Waals surface area contributed by atoms with Crippen LogP contribution in [0, 0.1) is 11.3 Å². The number of nitrogens with two attached hydrogens (primary N) is 1. The molecule has 0 radical (unpaired) electrons. The van der Waals surface area contributed by atoms with Crippen molar-refractivity contribution in [3.05, 3.63) is 23.8 Å². The van der Waals surface area contributed by atoms with E-state index < -0.39 is 0 Å². The van der Waals surface area contributed by atoms with Gasteiger partial charge in [-0.2, -0.15) is 5.26 Å². The van der Waals surface area contributed by atoms with Gasteiger partial charge in [0.15, 0.2) is 0 Å². The minimum absolute atomic E-state index is 0.517. The molecular weight excluding hydrogens is 178 g/mol. The smallest absolute Gasteiger partial charge is 0.143 e. The number of rotatable bonds is 4. The molecule has 3 N–H and O–H groups in total. The minimum atomic E-state index is 0.517. The highest BCUT2D eigenvalue weighted by Gasteiger charge is 2.06. The van der Waals surface area contributed by atoms with E-state index in [1.807, 2.05) is 0 Å². The summed E-state index contributed by atoms with van der Waals surface area (Å²) in [6.07, 6.45) is 0. The van der Waals surface area contributed by atoms with Crippen molar-refractivity contribution in [3.8, 4) is 11.8 Å². The summed E-state index contributed by atoms with van der Waals surface area (Å²) in [6.45, 7) is 1.14. The van der Waals surface area contributed by atoms with Crippen LogP contribution in [0.4, 0.5) is 5.69 Å². The second-order valence-corrected chi connectivity index (χ2v) is 2.71. The van der Waals surface area contributed by atoms with E-state index in [2.05, 4.69) is 11.4 Å². The summed E-state index contributed by atoms with van der Waals surface area (Å²) in [4.78, 5) is 0. The van der Waals surface area contributed by atoms with E-state index in [9.17, 15) is 0 Å². The van der Waals surface area contributed by atoms with Crippen LogP contribution < -0.4 is 15.8 Å². The Bertz CT molecular complexity index is 344. The van der Waals surface area contributed by atoms with Crippen molar-refractivity contribution in [2.24, 2.45) is 5.73 Å². The van der Waals surface area contributed by atoms with Gasteiger partial charge in [-0.15, -0.1) is 0 Å². The van der Waals surface area contributed by atoms with Gasteiger partial charge in [-0.05, 0) is 12.1 Å². The van der Waals surface area contributed by atoms with Gasteiger partial charge in [0.05, 0.1) is 18.4 Å². The number of methoxy groups -OCH3 is 1. The van der Waals surface area contributed by atoms with Gasteiger partial charge in [0.25, 0.3) is 0 Å². The highest BCUT2D eigenvalue weighted by molar-refractivity contribution is 5.66. The van der Waals surface area contributed by atoms with Crippen LogP contribution in [0.15, 0.2) is 18.2 Å². The summed E-state index contributed by atoms with van der Waals surface area (Å²) in [7, 11) is 1.57. The third-order valence-electron chi connectivity index (χ3n) is 1.81. The summed E-state index contributed by atoms with van der Waals surface area (Å²) in [5.74, 6) is 0.664. The standard InChI is InChI=1S/C10H13N3O/c1-14-9-4-2-3-8(7-12)10(9)13-6-5-11/h2-4,13H,5-6,11H2,1H3. The lowest BCUT2D eigenvalue weighted by Gasteiger charge is -2.11. The fourth-order valence-corrected chi connectivity index (χ4v) is 1.17. The molecule has 0 unspecified atom stereocenters. The fraction of sp³-hybridized carbons (Fsp3) is 0.300. The zero-order valence-electron chi connectivity index (χ0n) is 8.08. The van der Waals surface area contributed by atoms with E-state index in [-0.39, 0.29) is 0 Å². The molecule has 0 atom stereocenters. The maximum atomic E-state index is 8.86. The summed E-state index contributed by atoms with van der Waals surface area (Å²) >= 11 is 0. The summed E-state index contributed by atoms with van der Waals surface area (Å²) < 4.78 is 5.13. The lowest BCUT2D eigenvalue weighted by Crippen LogP contribution is -2.14. The van der Waals surface area contributed by atoms with Crippen LogP contribution in [0.5, 0.6) is 5.75 Å². The van der Waals surface area contributed by atoms with E-state index >= 15 is 0 Å². The van der Waals surface area contributed by atoms with Crippen molar-refractivity contribution >= 4 is 5.69 Å². The topological polar surface area (TPSA) is 71.1 Å². The average molecular weight is 191 g/mol. The van der Waals surface area contributed by atoms with E-state index in [0.29, 0.717) is 30.1 Å². The molecule has 0 heterocycles. The Morgan fingerprint density at radius 1 is 1.57 bits per heavy atom. The number of ether oxygens (including phenoxy) is 1. The highest BCUT2D eigenvalue weighted by atomic mass is 16.5. The van der Waals surface area contributed by atoms with Gasteiger partial charge in [-0.25, -0.2) is 0 Å². The molecule has 4 heteroatoms. The van der Waals surface area contributed by atoms with Crippen LogP contribution in [0.2, 0.25) is 0 Å². The van der Waals surface area contributed by atoms with Gasteiger partial charge in [0, 0.05) is 13.1 Å². The molecule has 0 spiro atoms. The maximum absolute atomic E-state index is 8.86. The summed E-state index contributed by atoms with van der Waals surface area (Å²) in [6, 6.07) is 7.42. The molecule has 0 aliphatic carbocycles. The lowest BCUT2D eigenvalue weighted by molar-refractivity contribution is 0.416. The number of nitriles is 1. The van der Waals surface area contributed by atoms with Crippen molar-refractivity contribution < 1.29 is 4.74 Å². The van der Waals surface area contributed by atoms with Gasteiger partial charge in [0.1, 0.15) is 11.8 Å². The molecule has 0 aromatic heterocycles. The minimum Gasteiger partial charge on any atom is -0.495 e. The SMILES string of the molecule is COc1cccc(C#N)c1NCCN. The maximum Gasteiger partial charge on any atom is 0.143 e. The molecule has 1 rings (SSSR count). The van der Waals surface area contributed by atoms with Crippen molar-refractivity contribution in [2.75, 3.05) is 25.5 Å². The first-order valence-corrected chi connectivity index (χ1v) is 4.34. The largest absolute Gasteiger partial charge is 0.495 e. The van der Waals surface area contributed by atoms with Crippen LogP contribution >= 0.6 is 0 Å². The zero-order chi connectivity index (χ0) is 10.4. The van der Waals surface area contributed by atoms with Gasteiger partial charge in [-0.3, -0.25) is 0 Å². The van der Waals surface area contributed by atoms with Crippen molar-refractivity contribution in [1.29, 1.82) is 5.26 Å². The molecule has 74 valence electrons. The number of anilines is 1. The molecule has 0 bridgehead atoms. The monoisotopic (exact) mass is 191 g/mol. The second kappa shape index (κ2) is 5.10. The van der Waals surface area contributed by atoms with Gasteiger partial charge >= 0.3 is 0 Å². The Hall–Kier alpha value is -1.73. The van der Waals surface area contributed by atoms with Crippen LogP contribution in [0.1, 0.15) is 5.56 Å². The number of para-hydroxylation sites is 1. The van der Waals surface area contributed by atoms with E-state index in [1.165, 1.54) is 0 Å². The molecule has 0 aliphatic heterocycles. The number of nitrogens with zero attached hydrogens (tertiary/aromatic N) is 1. The van der Waals surface area contributed by atoms with Gasteiger partial charge in [-0.1, -0.05) is 6.07 Å². The molecule has 0 saturated heterocycles. The van der Waals surface area contributed by atoms with Crippen LogP contribution in [0.25, 0.3) is 0 Å². The Kier molecular flexibility index (Phi) is 3.77. The molecular formula is C10H13N3O. The normalized spacial score (nSPS) is 9.21. The van der Waals surface area contributed by atoms with Gasteiger partial charge in [0.2, 0.25) is 0 Å². The van der Waals surface area contributed by atoms with Crippen molar-refractivity contribution in [1.82, 2.24) is 0 Å². The summed E-state index contributed by atoms with van der Waals surface area (Å²) in [5.41, 5.74) is 6.65. The first-order chi connectivity index (χ1) is 6.83. The fourth-order valence-electron chi connectivity index (χ4n) is 1.17. The predicted molar refractivity (Wildman–Crippen MR) is 55.3 cm³/mol. The first kappa shape index (κ1) is 10.4. The van der Waals surface area contributed by atoms with E-state index in [1.54, 1.807) is 25.3 Å². The Labute approximate surface area is 83.3 Å². The van der Waals surface area contributed by atoms with Crippen LogP contribution in [-0.2, 0) is 0 Å². The van der Waals surface area contributed by atoms with Crippen LogP contribution in [0.3, 0.4) is 0 Å². The molecule has 14 heavy (non-hydrogen) atoms. The molecule has 1 aromatic rings. The Balaban J connectivity index is 3.01. The molecule has 0 fully saturated rings. The average Bonchev–Trinajstić information content (AvgIpc) is 2.25. The number of hydrogen-bond donors (Lipinski definition) is 2. The first-order valence-electron chi connectivity index (χ1n) is 4.34. The van der Waals surface area contributed by atoms with Crippen LogP contribution in [-0.4, -0.2) is 20.2 Å². The number of benzene rings is 1. The molecule has 1 aromatic carbocycles. The summed E-state index contributed by atoms with van der Waals surface area (Å²) in [5, 5.41) is 11.9. The van der Waals surface area contributed by atoms with E-state index in [4.69, 9.17) is 15.7 Å². The van der Waals surface area contributed by atoms with Crippen molar-refractivity contribution in [2.45, 2.75) is 0 Å². The third-order valence-corrected chi connectivity index (χ3v) is 1.81. The molecule has 4 nitrogen and oxygen atoms in total. The quantitative estimate of drug-likeness (QED) is 0.743. The predicted octanol–water partition coefficient (Wildman–Crippen LogP) is 0.937. The zero-order valence-corrected chi connectivity index (χ0v) is 8.08. The number of hydrogen-bond acceptors (Lipinski definition) is 4. The third kappa shape index (κ3) is 2.15. The Morgan fingerprint density at radius 3 is 2.93 bits per heavy atom. The highest BCUT2D eigenvalue weighted by Crippen LogP contribution is 2.27.